The molecule has 3 heteroatoms. The third kappa shape index (κ3) is 2.68. The quantitative estimate of drug-likeness (QED) is 0.585. The first-order valence-corrected chi connectivity index (χ1v) is 3.26. The minimum absolute atomic E-state index is 0. The molecule has 0 unspecified atom stereocenters. The zero-order valence-electron chi connectivity index (χ0n) is 6.75. The molecule has 0 saturated heterocycles. The van der Waals surface area contributed by atoms with Gasteiger partial charge in [-0.1, -0.05) is 24.3 Å². The van der Waals surface area contributed by atoms with E-state index in [0.29, 0.717) is 6.54 Å². The molecule has 1 rings (SSSR count). The average molecular weight is 144 g/mol. The molecule has 1 aromatic carbocycles. The predicted molar refractivity (Wildman–Crippen MR) is 46.0 cm³/mol. The van der Waals surface area contributed by atoms with Gasteiger partial charge in [0.25, 0.3) is 0 Å². The number of nitrogens with two attached hydrogens (primary N) is 1. The number of aliphatic hydroxyl groups is 1. The first-order chi connectivity index (χ1) is 4.88. The van der Waals surface area contributed by atoms with Crippen molar-refractivity contribution in [1.29, 1.82) is 0 Å². The maximum absolute atomic E-state index is 8.79. The summed E-state index contributed by atoms with van der Waals surface area (Å²) in [5, 5.41) is 8.79. The smallest absolute Gasteiger partial charge is 0.0685 e. The fraction of sp³-hybridized carbons (Fsp3) is 0.250. The Morgan fingerprint density at radius 3 is 2.09 bits per heavy atom. The van der Waals surface area contributed by atoms with Crippen LogP contribution < -0.4 is 5.73 Å². The fourth-order valence-corrected chi connectivity index (χ4v) is 0.911. The summed E-state index contributed by atoms with van der Waals surface area (Å²) >= 11 is 0. The Morgan fingerprint density at radius 2 is 1.73 bits per heavy atom. The van der Waals surface area contributed by atoms with Crippen LogP contribution in [-0.4, -0.2) is 24.0 Å². The average Bonchev–Trinajstić information content (AvgIpc) is 2.04. The van der Waals surface area contributed by atoms with Crippen LogP contribution >= 0.6 is 0 Å². The number of hydrogen-bond acceptors (Lipinski definition) is 2. The van der Waals surface area contributed by atoms with Crippen molar-refractivity contribution in [3.63, 3.8) is 0 Å². The van der Waals surface area contributed by atoms with Crippen molar-refractivity contribution in [2.45, 2.75) is 13.2 Å². The minimum Gasteiger partial charge on any atom is -0.392 e. The summed E-state index contributed by atoms with van der Waals surface area (Å²) in [5.74, 6) is 0. The zero-order valence-corrected chi connectivity index (χ0v) is 6.75. The molecular weight excluding hydrogens is 133 g/mol. The Kier molecular flexibility index (Phi) is 5.27. The van der Waals surface area contributed by atoms with Gasteiger partial charge in [-0.15, -0.1) is 0 Å². The van der Waals surface area contributed by atoms with Crippen molar-refractivity contribution in [2.75, 3.05) is 0 Å². The van der Waals surface area contributed by atoms with Gasteiger partial charge in [-0.3, -0.25) is 0 Å². The molecule has 0 saturated carbocycles. The number of rotatable bonds is 2. The molecule has 0 bridgehead atoms. The topological polar surface area (TPSA) is 46.2 Å². The van der Waals surface area contributed by atoms with Crippen molar-refractivity contribution in [1.82, 2.24) is 0 Å². The van der Waals surface area contributed by atoms with Gasteiger partial charge in [0.05, 0.1) is 6.61 Å². The second kappa shape index (κ2) is 5.40. The standard InChI is InChI=1S/C8H11NO.Li/c9-5-7-3-1-2-4-8(7)6-10;/h1-4,10H,5-6,9H2;. The predicted octanol–water partition coefficient (Wildman–Crippen LogP) is 0.257. The summed E-state index contributed by atoms with van der Waals surface area (Å²) in [6, 6.07) is 7.61. The fourth-order valence-electron chi connectivity index (χ4n) is 0.911. The molecule has 0 heterocycles. The van der Waals surface area contributed by atoms with Crippen molar-refractivity contribution in [3.05, 3.63) is 35.4 Å². The maximum atomic E-state index is 8.79. The summed E-state index contributed by atoms with van der Waals surface area (Å²) < 4.78 is 0. The summed E-state index contributed by atoms with van der Waals surface area (Å²) in [7, 11) is 0. The molecule has 1 radical (unpaired) electrons. The van der Waals surface area contributed by atoms with Crippen molar-refractivity contribution in [2.24, 2.45) is 5.73 Å². The van der Waals surface area contributed by atoms with Crippen LogP contribution in [0.2, 0.25) is 0 Å². The van der Waals surface area contributed by atoms with E-state index in [1.165, 1.54) is 0 Å². The Hall–Kier alpha value is -0.263. The van der Waals surface area contributed by atoms with E-state index < -0.39 is 0 Å². The first kappa shape index (κ1) is 10.7. The third-order valence-electron chi connectivity index (χ3n) is 1.51. The van der Waals surface area contributed by atoms with Crippen molar-refractivity contribution >= 4 is 18.9 Å². The van der Waals surface area contributed by atoms with Gasteiger partial charge in [0.2, 0.25) is 0 Å². The molecular formula is C8H11LiNO. The van der Waals surface area contributed by atoms with E-state index in [-0.39, 0.29) is 25.5 Å². The molecule has 0 atom stereocenters. The molecule has 0 aliphatic heterocycles. The Morgan fingerprint density at radius 1 is 1.18 bits per heavy atom. The van der Waals surface area contributed by atoms with E-state index in [0.717, 1.165) is 11.1 Å². The number of aliphatic hydroxyl groups excluding tert-OH is 1. The Labute approximate surface area is 78.6 Å². The van der Waals surface area contributed by atoms with Gasteiger partial charge in [0.15, 0.2) is 0 Å². The molecule has 55 valence electrons. The van der Waals surface area contributed by atoms with Crippen LogP contribution in [0.5, 0.6) is 0 Å². The van der Waals surface area contributed by atoms with Crippen LogP contribution in [0.15, 0.2) is 24.3 Å². The van der Waals surface area contributed by atoms with E-state index in [1.54, 1.807) is 0 Å². The van der Waals surface area contributed by atoms with Crippen molar-refractivity contribution < 1.29 is 5.11 Å². The maximum Gasteiger partial charge on any atom is 0.0685 e. The number of benzene rings is 1. The van der Waals surface area contributed by atoms with Gasteiger partial charge < -0.3 is 10.8 Å². The molecule has 0 amide bonds. The van der Waals surface area contributed by atoms with Gasteiger partial charge in [0, 0.05) is 25.4 Å². The van der Waals surface area contributed by atoms with Crippen LogP contribution in [0.25, 0.3) is 0 Å². The van der Waals surface area contributed by atoms with Crippen LogP contribution in [0.3, 0.4) is 0 Å². The molecule has 2 nitrogen and oxygen atoms in total. The number of hydrogen-bond donors (Lipinski definition) is 2. The monoisotopic (exact) mass is 144 g/mol. The molecule has 1 aromatic rings. The van der Waals surface area contributed by atoms with Gasteiger partial charge in [-0.25, -0.2) is 0 Å². The molecule has 0 fully saturated rings. The third-order valence-corrected chi connectivity index (χ3v) is 1.51. The molecule has 0 aromatic heterocycles. The molecule has 0 aliphatic carbocycles. The minimum atomic E-state index is 0. The van der Waals surface area contributed by atoms with Gasteiger partial charge in [-0.2, -0.15) is 0 Å². The molecule has 0 spiro atoms. The van der Waals surface area contributed by atoms with Crippen LogP contribution in [-0.2, 0) is 13.2 Å². The zero-order chi connectivity index (χ0) is 7.40. The summed E-state index contributed by atoms with van der Waals surface area (Å²) in [6.07, 6.45) is 0. The second-order valence-corrected chi connectivity index (χ2v) is 2.13. The SMILES string of the molecule is NCc1ccccc1CO.[Li]. The van der Waals surface area contributed by atoms with E-state index in [4.69, 9.17) is 10.8 Å². The van der Waals surface area contributed by atoms with E-state index >= 15 is 0 Å². The first-order valence-electron chi connectivity index (χ1n) is 3.26. The molecule has 3 N–H and O–H groups in total. The van der Waals surface area contributed by atoms with Gasteiger partial charge >= 0.3 is 0 Å². The normalized spacial score (nSPS) is 8.91. The van der Waals surface area contributed by atoms with Crippen LogP contribution in [0, 0.1) is 0 Å². The summed E-state index contributed by atoms with van der Waals surface area (Å²) in [5.41, 5.74) is 7.35. The Bertz CT molecular complexity index is 192. The van der Waals surface area contributed by atoms with E-state index in [9.17, 15) is 0 Å². The second-order valence-electron chi connectivity index (χ2n) is 2.13. The van der Waals surface area contributed by atoms with Gasteiger partial charge in [0.1, 0.15) is 0 Å². The van der Waals surface area contributed by atoms with E-state index in [1.807, 2.05) is 24.3 Å². The van der Waals surface area contributed by atoms with Gasteiger partial charge in [-0.05, 0) is 11.1 Å². The summed E-state index contributed by atoms with van der Waals surface area (Å²) in [4.78, 5) is 0. The molecule has 11 heavy (non-hydrogen) atoms. The molecule has 0 aliphatic rings. The van der Waals surface area contributed by atoms with Crippen molar-refractivity contribution in [3.8, 4) is 0 Å². The van der Waals surface area contributed by atoms with E-state index in [2.05, 4.69) is 0 Å². The Balaban J connectivity index is 0.000001000. The van der Waals surface area contributed by atoms with Crippen LogP contribution in [0.1, 0.15) is 11.1 Å². The largest absolute Gasteiger partial charge is 0.392 e. The summed E-state index contributed by atoms with van der Waals surface area (Å²) in [6.45, 7) is 0.574. The van der Waals surface area contributed by atoms with Crippen LogP contribution in [0.4, 0.5) is 0 Å².